The number of carbonyl (C=O) groups excluding carboxylic acids is 2. The molecule has 0 saturated carbocycles. The number of dihydropyridines is 1. The van der Waals surface area contributed by atoms with E-state index in [-0.39, 0.29) is 24.0 Å². The zero-order valence-electron chi connectivity index (χ0n) is 19.9. The van der Waals surface area contributed by atoms with Gasteiger partial charge < -0.3 is 19.5 Å². The third kappa shape index (κ3) is 5.05. The van der Waals surface area contributed by atoms with Crippen LogP contribution in [-0.4, -0.2) is 25.5 Å². The van der Waals surface area contributed by atoms with Gasteiger partial charge in [0.1, 0.15) is 23.9 Å². The number of ketones is 1. The summed E-state index contributed by atoms with van der Waals surface area (Å²) in [5, 5.41) is 3.24. The lowest BCUT2D eigenvalue weighted by Crippen LogP contribution is -2.34. The Labute approximate surface area is 208 Å². The molecule has 184 valence electrons. The van der Waals surface area contributed by atoms with Gasteiger partial charge in [0.05, 0.1) is 24.3 Å². The van der Waals surface area contributed by atoms with Gasteiger partial charge in [-0.2, -0.15) is 0 Å². The third-order valence-corrected chi connectivity index (χ3v) is 6.48. The van der Waals surface area contributed by atoms with Crippen LogP contribution in [0, 0.1) is 5.82 Å². The summed E-state index contributed by atoms with van der Waals surface area (Å²) in [6.07, 6.45) is 1.94. The number of allylic oxidation sites excluding steroid dienone is 3. The van der Waals surface area contributed by atoms with Gasteiger partial charge in [-0.1, -0.05) is 17.7 Å². The molecule has 0 bridgehead atoms. The predicted molar refractivity (Wildman–Crippen MR) is 130 cm³/mol. The summed E-state index contributed by atoms with van der Waals surface area (Å²) in [7, 11) is 1.55. The summed E-state index contributed by atoms with van der Waals surface area (Å²) in [4.78, 5) is 26.1. The fourth-order valence-electron chi connectivity index (χ4n) is 4.61. The summed E-state index contributed by atoms with van der Waals surface area (Å²) in [6.45, 7) is 3.92. The minimum absolute atomic E-state index is 0.0209. The van der Waals surface area contributed by atoms with Crippen molar-refractivity contribution < 1.29 is 28.2 Å². The van der Waals surface area contributed by atoms with Crippen LogP contribution >= 0.6 is 11.6 Å². The number of rotatable bonds is 7. The Morgan fingerprint density at radius 1 is 1.20 bits per heavy atom. The average molecular weight is 500 g/mol. The van der Waals surface area contributed by atoms with Crippen molar-refractivity contribution in [2.45, 2.75) is 45.6 Å². The van der Waals surface area contributed by atoms with Crippen LogP contribution in [0.25, 0.3) is 0 Å². The van der Waals surface area contributed by atoms with Crippen molar-refractivity contribution in [3.8, 4) is 11.5 Å². The molecule has 1 heterocycles. The van der Waals surface area contributed by atoms with Crippen molar-refractivity contribution in [2.24, 2.45) is 0 Å². The topological polar surface area (TPSA) is 73.9 Å². The number of methoxy groups -OCH3 is 1. The van der Waals surface area contributed by atoms with E-state index < -0.39 is 17.7 Å². The van der Waals surface area contributed by atoms with Gasteiger partial charge in [-0.05, 0) is 56.5 Å². The second kappa shape index (κ2) is 10.5. The maximum Gasteiger partial charge on any atom is 0.336 e. The largest absolute Gasteiger partial charge is 0.496 e. The van der Waals surface area contributed by atoms with Crippen LogP contribution in [-0.2, 0) is 20.9 Å². The smallest absolute Gasteiger partial charge is 0.336 e. The van der Waals surface area contributed by atoms with Crippen molar-refractivity contribution in [3.05, 3.63) is 80.9 Å². The lowest BCUT2D eigenvalue weighted by molar-refractivity contribution is -0.138. The summed E-state index contributed by atoms with van der Waals surface area (Å²) < 4.78 is 30.2. The van der Waals surface area contributed by atoms with Crippen LogP contribution in [0.15, 0.2) is 58.9 Å². The standard InChI is InChI=1S/C27H27ClFNO5/c1-4-34-27(32)24-15(2)30-21-6-5-7-22(31)26(21)25(24)16-8-11-23(33-3)17(12-16)14-35-18-9-10-20(29)19(28)13-18/h8-13,25,30H,4-7,14H2,1-3H3. The van der Waals surface area contributed by atoms with Crippen molar-refractivity contribution in [2.75, 3.05) is 13.7 Å². The second-order valence-corrected chi connectivity index (χ2v) is 8.83. The Morgan fingerprint density at radius 2 is 2.00 bits per heavy atom. The number of carbonyl (C=O) groups is 2. The highest BCUT2D eigenvalue weighted by atomic mass is 35.5. The molecule has 2 aliphatic rings. The van der Waals surface area contributed by atoms with Gasteiger partial charge in [-0.15, -0.1) is 0 Å². The number of hydrogen-bond donors (Lipinski definition) is 1. The molecule has 0 radical (unpaired) electrons. The monoisotopic (exact) mass is 499 g/mol. The molecular formula is C27H27ClFNO5. The maximum atomic E-state index is 13.5. The molecule has 4 rings (SSSR count). The van der Waals surface area contributed by atoms with E-state index >= 15 is 0 Å². The van der Waals surface area contributed by atoms with E-state index in [1.54, 1.807) is 20.1 Å². The molecule has 0 amide bonds. The first-order valence-electron chi connectivity index (χ1n) is 11.5. The fourth-order valence-corrected chi connectivity index (χ4v) is 4.79. The van der Waals surface area contributed by atoms with E-state index in [1.807, 2.05) is 19.1 Å². The van der Waals surface area contributed by atoms with E-state index in [9.17, 15) is 14.0 Å². The number of ether oxygens (including phenoxy) is 3. The van der Waals surface area contributed by atoms with Gasteiger partial charge in [-0.3, -0.25) is 4.79 Å². The van der Waals surface area contributed by atoms with E-state index in [1.165, 1.54) is 18.2 Å². The first-order valence-corrected chi connectivity index (χ1v) is 11.9. The lowest BCUT2D eigenvalue weighted by atomic mass is 9.75. The molecule has 1 aliphatic heterocycles. The van der Waals surface area contributed by atoms with Gasteiger partial charge in [0, 0.05) is 40.9 Å². The Morgan fingerprint density at radius 3 is 2.71 bits per heavy atom. The highest BCUT2D eigenvalue weighted by Gasteiger charge is 2.39. The molecule has 8 heteroatoms. The Balaban J connectivity index is 1.75. The molecule has 0 spiro atoms. The zero-order chi connectivity index (χ0) is 25.1. The molecule has 0 fully saturated rings. The Bertz CT molecular complexity index is 1240. The number of hydrogen-bond acceptors (Lipinski definition) is 6. The van der Waals surface area contributed by atoms with Gasteiger partial charge in [-0.25, -0.2) is 9.18 Å². The molecule has 1 unspecified atom stereocenters. The van der Waals surface area contributed by atoms with Crippen molar-refractivity contribution in [1.29, 1.82) is 0 Å². The van der Waals surface area contributed by atoms with Crippen molar-refractivity contribution in [3.63, 3.8) is 0 Å². The minimum atomic E-state index is -0.567. The molecule has 1 N–H and O–H groups in total. The first-order chi connectivity index (χ1) is 16.8. The number of Topliss-reactive ketones (excluding diaryl/α,β-unsaturated/α-hetero) is 1. The van der Waals surface area contributed by atoms with E-state index in [0.29, 0.717) is 40.3 Å². The molecule has 6 nitrogen and oxygen atoms in total. The Kier molecular flexibility index (Phi) is 7.45. The minimum Gasteiger partial charge on any atom is -0.496 e. The third-order valence-electron chi connectivity index (χ3n) is 6.19. The quantitative estimate of drug-likeness (QED) is 0.500. The van der Waals surface area contributed by atoms with Gasteiger partial charge >= 0.3 is 5.97 Å². The number of esters is 1. The van der Waals surface area contributed by atoms with Crippen molar-refractivity contribution >= 4 is 23.4 Å². The maximum absolute atomic E-state index is 13.5. The summed E-state index contributed by atoms with van der Waals surface area (Å²) in [5.41, 5.74) is 4.02. The molecule has 1 aliphatic carbocycles. The van der Waals surface area contributed by atoms with E-state index in [4.69, 9.17) is 25.8 Å². The van der Waals surface area contributed by atoms with Gasteiger partial charge in [0.2, 0.25) is 0 Å². The summed E-state index contributed by atoms with van der Waals surface area (Å²) >= 11 is 5.87. The molecular weight excluding hydrogens is 473 g/mol. The second-order valence-electron chi connectivity index (χ2n) is 8.42. The van der Waals surface area contributed by atoms with Crippen LogP contribution in [0.3, 0.4) is 0 Å². The zero-order valence-corrected chi connectivity index (χ0v) is 20.6. The SMILES string of the molecule is CCOC(=O)C1=C(C)NC2=C(C(=O)CCC2)C1c1ccc(OC)c(COc2ccc(F)c(Cl)c2)c1. The molecule has 0 aromatic heterocycles. The van der Waals surface area contributed by atoms with Crippen LogP contribution in [0.2, 0.25) is 5.02 Å². The normalized spacial score (nSPS) is 17.6. The van der Waals surface area contributed by atoms with Crippen LogP contribution < -0.4 is 14.8 Å². The summed E-state index contributed by atoms with van der Waals surface area (Å²) in [6, 6.07) is 9.66. The molecule has 2 aromatic carbocycles. The highest BCUT2D eigenvalue weighted by Crippen LogP contribution is 2.43. The Hall–Kier alpha value is -3.32. The van der Waals surface area contributed by atoms with Gasteiger partial charge in [0.15, 0.2) is 5.78 Å². The van der Waals surface area contributed by atoms with Crippen LogP contribution in [0.4, 0.5) is 4.39 Å². The summed E-state index contributed by atoms with van der Waals surface area (Å²) in [5.74, 6) is -0.545. The van der Waals surface area contributed by atoms with E-state index in [2.05, 4.69) is 5.32 Å². The van der Waals surface area contributed by atoms with Gasteiger partial charge in [0.25, 0.3) is 0 Å². The fraction of sp³-hybridized carbons (Fsp3) is 0.333. The predicted octanol–water partition coefficient (Wildman–Crippen LogP) is 5.60. The van der Waals surface area contributed by atoms with E-state index in [0.717, 1.165) is 24.1 Å². The van der Waals surface area contributed by atoms with Crippen LogP contribution in [0.1, 0.15) is 50.2 Å². The highest BCUT2D eigenvalue weighted by molar-refractivity contribution is 6.30. The molecule has 1 atom stereocenters. The van der Waals surface area contributed by atoms with Crippen molar-refractivity contribution in [1.82, 2.24) is 5.32 Å². The number of benzene rings is 2. The van der Waals surface area contributed by atoms with Crippen LogP contribution in [0.5, 0.6) is 11.5 Å². The lowest BCUT2D eigenvalue weighted by Gasteiger charge is -2.34. The molecule has 0 saturated heterocycles. The number of halogens is 2. The number of nitrogens with one attached hydrogen (secondary N) is 1. The molecule has 35 heavy (non-hydrogen) atoms. The average Bonchev–Trinajstić information content (AvgIpc) is 2.84. The first kappa shape index (κ1) is 24.8. The molecule has 2 aromatic rings.